The van der Waals surface area contributed by atoms with E-state index in [9.17, 15) is 5.11 Å². The van der Waals surface area contributed by atoms with Crippen LogP contribution in [0.5, 0.6) is 0 Å². The van der Waals surface area contributed by atoms with Crippen LogP contribution in [0, 0.1) is 5.92 Å². The quantitative estimate of drug-likeness (QED) is 0.861. The maximum absolute atomic E-state index is 11.0. The van der Waals surface area contributed by atoms with Crippen molar-refractivity contribution >= 4 is 0 Å². The Balaban J connectivity index is 1.74. The molecule has 1 heteroatoms. The van der Waals surface area contributed by atoms with Crippen molar-refractivity contribution in [3.63, 3.8) is 0 Å². The fourth-order valence-electron chi connectivity index (χ4n) is 3.33. The molecule has 1 fully saturated rings. The van der Waals surface area contributed by atoms with E-state index in [1.807, 2.05) is 18.2 Å². The van der Waals surface area contributed by atoms with Gasteiger partial charge in [0, 0.05) is 6.42 Å². The second-order valence-electron chi connectivity index (χ2n) is 5.98. The molecule has 1 N–H and O–H groups in total. The third-order valence-electron chi connectivity index (χ3n) is 4.67. The molecule has 2 aromatic carbocycles. The van der Waals surface area contributed by atoms with Crippen LogP contribution in [-0.2, 0) is 6.42 Å². The Hall–Kier alpha value is -1.60. The Morgan fingerprint density at radius 2 is 1.60 bits per heavy atom. The van der Waals surface area contributed by atoms with Crippen LogP contribution in [0.25, 0.3) is 0 Å². The molecular weight excluding hydrogens is 244 g/mol. The van der Waals surface area contributed by atoms with Gasteiger partial charge >= 0.3 is 0 Å². The Morgan fingerprint density at radius 3 is 2.20 bits per heavy atom. The minimum atomic E-state index is -0.568. The SMILES string of the molecule is CCC(O)(Cc1ccccc1)C1CC1c1ccccc1. The lowest BCUT2D eigenvalue weighted by atomic mass is 9.85. The molecule has 2 aromatic rings. The number of hydrogen-bond acceptors (Lipinski definition) is 1. The van der Waals surface area contributed by atoms with Crippen molar-refractivity contribution in [1.82, 2.24) is 0 Å². The molecule has 1 nitrogen and oxygen atoms in total. The van der Waals surface area contributed by atoms with E-state index in [-0.39, 0.29) is 0 Å². The zero-order chi connectivity index (χ0) is 14.0. The summed E-state index contributed by atoms with van der Waals surface area (Å²) in [5.41, 5.74) is 2.04. The van der Waals surface area contributed by atoms with Crippen molar-refractivity contribution in [2.75, 3.05) is 0 Å². The van der Waals surface area contributed by atoms with Gasteiger partial charge in [0.1, 0.15) is 0 Å². The van der Waals surface area contributed by atoms with Crippen molar-refractivity contribution in [2.45, 2.75) is 37.7 Å². The largest absolute Gasteiger partial charge is 0.389 e. The zero-order valence-corrected chi connectivity index (χ0v) is 12.0. The third kappa shape index (κ3) is 2.64. The first-order valence-corrected chi connectivity index (χ1v) is 7.54. The molecule has 0 amide bonds. The summed E-state index contributed by atoms with van der Waals surface area (Å²) in [5.74, 6) is 0.931. The molecular formula is C19H22O. The average molecular weight is 266 g/mol. The van der Waals surface area contributed by atoms with Gasteiger partial charge in [0.05, 0.1) is 5.60 Å². The third-order valence-corrected chi connectivity index (χ3v) is 4.67. The minimum Gasteiger partial charge on any atom is -0.389 e. The van der Waals surface area contributed by atoms with Crippen molar-refractivity contribution in [2.24, 2.45) is 5.92 Å². The van der Waals surface area contributed by atoms with E-state index < -0.39 is 5.60 Å². The maximum Gasteiger partial charge on any atom is 0.0719 e. The summed E-state index contributed by atoms with van der Waals surface area (Å²) in [6, 6.07) is 20.9. The van der Waals surface area contributed by atoms with Gasteiger partial charge in [-0.05, 0) is 35.8 Å². The van der Waals surface area contributed by atoms with Crippen LogP contribution >= 0.6 is 0 Å². The van der Waals surface area contributed by atoms with Gasteiger partial charge in [0.25, 0.3) is 0 Å². The van der Waals surface area contributed by atoms with Crippen LogP contribution in [0.4, 0.5) is 0 Å². The summed E-state index contributed by atoms with van der Waals surface area (Å²) in [7, 11) is 0. The van der Waals surface area contributed by atoms with Gasteiger partial charge in [-0.3, -0.25) is 0 Å². The highest BCUT2D eigenvalue weighted by atomic mass is 16.3. The molecule has 20 heavy (non-hydrogen) atoms. The van der Waals surface area contributed by atoms with Gasteiger partial charge in [-0.15, -0.1) is 0 Å². The van der Waals surface area contributed by atoms with Gasteiger partial charge in [0.15, 0.2) is 0 Å². The van der Waals surface area contributed by atoms with E-state index in [2.05, 4.69) is 49.4 Å². The topological polar surface area (TPSA) is 20.2 Å². The van der Waals surface area contributed by atoms with E-state index in [1.54, 1.807) is 0 Å². The summed E-state index contributed by atoms with van der Waals surface area (Å²) < 4.78 is 0. The van der Waals surface area contributed by atoms with Crippen LogP contribution in [0.1, 0.15) is 36.8 Å². The molecule has 0 spiro atoms. The molecule has 3 rings (SSSR count). The first-order valence-electron chi connectivity index (χ1n) is 7.54. The monoisotopic (exact) mass is 266 g/mol. The Kier molecular flexibility index (Phi) is 3.62. The fourth-order valence-corrected chi connectivity index (χ4v) is 3.33. The fraction of sp³-hybridized carbons (Fsp3) is 0.368. The van der Waals surface area contributed by atoms with E-state index >= 15 is 0 Å². The average Bonchev–Trinajstić information content (AvgIpc) is 3.30. The van der Waals surface area contributed by atoms with Crippen molar-refractivity contribution in [1.29, 1.82) is 0 Å². The first-order chi connectivity index (χ1) is 9.73. The summed E-state index contributed by atoms with van der Waals surface area (Å²) >= 11 is 0. The Morgan fingerprint density at radius 1 is 1.00 bits per heavy atom. The summed E-state index contributed by atoms with van der Waals surface area (Å²) in [5, 5.41) is 11.0. The first kappa shape index (κ1) is 13.4. The number of rotatable bonds is 5. The molecule has 0 heterocycles. The van der Waals surface area contributed by atoms with Gasteiger partial charge in [-0.25, -0.2) is 0 Å². The van der Waals surface area contributed by atoms with Gasteiger partial charge in [0.2, 0.25) is 0 Å². The summed E-state index contributed by atoms with van der Waals surface area (Å²) in [4.78, 5) is 0. The molecule has 104 valence electrons. The highest BCUT2D eigenvalue weighted by Gasteiger charge is 2.51. The van der Waals surface area contributed by atoms with Crippen LogP contribution in [0.15, 0.2) is 60.7 Å². The highest BCUT2D eigenvalue weighted by Crippen LogP contribution is 2.55. The van der Waals surface area contributed by atoms with Crippen LogP contribution in [-0.4, -0.2) is 10.7 Å². The van der Waals surface area contributed by atoms with E-state index in [4.69, 9.17) is 0 Å². The molecule has 0 bridgehead atoms. The molecule has 3 atom stereocenters. The molecule has 0 radical (unpaired) electrons. The van der Waals surface area contributed by atoms with Crippen LogP contribution in [0.3, 0.4) is 0 Å². The summed E-state index contributed by atoms with van der Waals surface area (Å²) in [6.45, 7) is 2.10. The highest BCUT2D eigenvalue weighted by molar-refractivity contribution is 5.29. The smallest absolute Gasteiger partial charge is 0.0719 e. The van der Waals surface area contributed by atoms with Gasteiger partial charge < -0.3 is 5.11 Å². The van der Waals surface area contributed by atoms with Gasteiger partial charge in [-0.2, -0.15) is 0 Å². The van der Waals surface area contributed by atoms with Crippen LogP contribution < -0.4 is 0 Å². The lowest BCUT2D eigenvalue weighted by Gasteiger charge is -2.28. The molecule has 0 aliphatic heterocycles. The van der Waals surface area contributed by atoms with E-state index in [1.165, 1.54) is 11.1 Å². The van der Waals surface area contributed by atoms with Crippen molar-refractivity contribution < 1.29 is 5.11 Å². The summed E-state index contributed by atoms with van der Waals surface area (Å²) in [6.07, 6.45) is 2.69. The zero-order valence-electron chi connectivity index (χ0n) is 12.0. The normalized spacial score (nSPS) is 24.1. The molecule has 1 saturated carbocycles. The molecule has 1 aliphatic rings. The second kappa shape index (κ2) is 5.41. The molecule has 0 saturated heterocycles. The van der Waals surface area contributed by atoms with E-state index in [0.29, 0.717) is 11.8 Å². The lowest BCUT2D eigenvalue weighted by Crippen LogP contribution is -2.34. The van der Waals surface area contributed by atoms with E-state index in [0.717, 1.165) is 19.3 Å². The standard InChI is InChI=1S/C19H22O/c1-2-19(20,14-15-9-5-3-6-10-15)18-13-17(18)16-11-7-4-8-12-16/h3-12,17-18,20H,2,13-14H2,1H3. The van der Waals surface area contributed by atoms with Crippen molar-refractivity contribution in [3.05, 3.63) is 71.8 Å². The minimum absolute atomic E-state index is 0.398. The maximum atomic E-state index is 11.0. The Bertz CT molecular complexity index is 548. The molecule has 0 aromatic heterocycles. The second-order valence-corrected chi connectivity index (χ2v) is 5.98. The number of benzene rings is 2. The van der Waals surface area contributed by atoms with Gasteiger partial charge in [-0.1, -0.05) is 67.6 Å². The number of aliphatic hydroxyl groups is 1. The predicted molar refractivity (Wildman–Crippen MR) is 82.7 cm³/mol. The Labute approximate surface area is 121 Å². The van der Waals surface area contributed by atoms with Crippen LogP contribution in [0.2, 0.25) is 0 Å². The predicted octanol–water partition coefficient (Wildman–Crippen LogP) is 4.17. The lowest BCUT2D eigenvalue weighted by molar-refractivity contribution is 0.0119. The number of hydrogen-bond donors (Lipinski definition) is 1. The molecule has 1 aliphatic carbocycles. The molecule has 3 unspecified atom stereocenters. The van der Waals surface area contributed by atoms with Crippen molar-refractivity contribution in [3.8, 4) is 0 Å².